The van der Waals surface area contributed by atoms with E-state index in [2.05, 4.69) is 24.4 Å². The number of hydrogen-bond donors (Lipinski definition) is 2. The van der Waals surface area contributed by atoms with Crippen LogP contribution >= 0.6 is 0 Å². The highest BCUT2D eigenvalue weighted by Gasteiger charge is 2.03. The lowest BCUT2D eigenvalue weighted by atomic mass is 10.2. The quantitative estimate of drug-likeness (QED) is 0.606. The van der Waals surface area contributed by atoms with Crippen LogP contribution in [-0.2, 0) is 11.2 Å². The second kappa shape index (κ2) is 8.08. The van der Waals surface area contributed by atoms with E-state index in [1.54, 1.807) is 12.1 Å². The third kappa shape index (κ3) is 5.13. The van der Waals surface area contributed by atoms with Crippen LogP contribution in [0.15, 0.2) is 48.5 Å². The van der Waals surface area contributed by atoms with Crippen molar-refractivity contribution < 1.29 is 9.53 Å². The standard InChI is InChI=1S/C18H22N2O2/c1-2-14-8-10-17(11-9-14)22-12-4-7-18(21)20-16-6-3-5-15(19)13-16/h3,5-6,8-11,13H,2,4,7,12,19H2,1H3,(H,20,21). The Morgan fingerprint density at radius 1 is 1.18 bits per heavy atom. The highest BCUT2D eigenvalue weighted by molar-refractivity contribution is 5.91. The summed E-state index contributed by atoms with van der Waals surface area (Å²) >= 11 is 0. The number of nitrogens with two attached hydrogens (primary N) is 1. The predicted molar refractivity (Wildman–Crippen MR) is 90.0 cm³/mol. The van der Waals surface area contributed by atoms with E-state index in [-0.39, 0.29) is 5.91 Å². The van der Waals surface area contributed by atoms with Crippen molar-refractivity contribution in [2.24, 2.45) is 0 Å². The normalized spacial score (nSPS) is 10.2. The molecule has 4 heteroatoms. The van der Waals surface area contributed by atoms with Gasteiger partial charge in [-0.15, -0.1) is 0 Å². The second-order valence-corrected chi connectivity index (χ2v) is 5.12. The molecule has 0 spiro atoms. The molecule has 2 rings (SSSR count). The van der Waals surface area contributed by atoms with E-state index in [1.165, 1.54) is 5.56 Å². The monoisotopic (exact) mass is 298 g/mol. The number of carbonyl (C=O) groups excluding carboxylic acids is 1. The zero-order chi connectivity index (χ0) is 15.8. The van der Waals surface area contributed by atoms with Crippen molar-refractivity contribution in [1.82, 2.24) is 0 Å². The summed E-state index contributed by atoms with van der Waals surface area (Å²) in [6.07, 6.45) is 2.11. The molecule has 2 aromatic rings. The molecule has 0 bridgehead atoms. The Labute approximate surface area is 131 Å². The summed E-state index contributed by atoms with van der Waals surface area (Å²) in [5, 5.41) is 2.82. The summed E-state index contributed by atoms with van der Waals surface area (Å²) in [7, 11) is 0. The number of amides is 1. The summed E-state index contributed by atoms with van der Waals surface area (Å²) in [5.74, 6) is 0.809. The third-order valence-electron chi connectivity index (χ3n) is 3.32. The Balaban J connectivity index is 1.68. The van der Waals surface area contributed by atoms with E-state index in [1.807, 2.05) is 24.3 Å². The highest BCUT2D eigenvalue weighted by atomic mass is 16.5. The van der Waals surface area contributed by atoms with Gasteiger partial charge < -0.3 is 15.8 Å². The Kier molecular flexibility index (Phi) is 5.83. The molecule has 0 aliphatic rings. The van der Waals surface area contributed by atoms with Crippen LogP contribution in [0.2, 0.25) is 0 Å². The number of nitrogen functional groups attached to an aromatic ring is 1. The molecule has 0 heterocycles. The minimum absolute atomic E-state index is 0.0319. The van der Waals surface area contributed by atoms with Gasteiger partial charge in [0.1, 0.15) is 5.75 Å². The number of carbonyl (C=O) groups is 1. The summed E-state index contributed by atoms with van der Waals surface area (Å²) in [5.41, 5.74) is 8.31. The van der Waals surface area contributed by atoms with Gasteiger partial charge in [-0.2, -0.15) is 0 Å². The molecule has 0 aliphatic carbocycles. The molecule has 0 aliphatic heterocycles. The molecule has 0 aromatic heterocycles. The molecule has 0 saturated carbocycles. The number of benzene rings is 2. The molecule has 22 heavy (non-hydrogen) atoms. The van der Waals surface area contributed by atoms with Gasteiger partial charge in [0.2, 0.25) is 5.91 Å². The van der Waals surface area contributed by atoms with Gasteiger partial charge in [-0.1, -0.05) is 25.1 Å². The Hall–Kier alpha value is -2.49. The predicted octanol–water partition coefficient (Wildman–Crippen LogP) is 3.63. The maximum Gasteiger partial charge on any atom is 0.224 e. The van der Waals surface area contributed by atoms with E-state index in [0.717, 1.165) is 17.9 Å². The van der Waals surface area contributed by atoms with Crippen LogP contribution in [0.25, 0.3) is 0 Å². The fourth-order valence-corrected chi connectivity index (χ4v) is 2.08. The average molecular weight is 298 g/mol. The third-order valence-corrected chi connectivity index (χ3v) is 3.32. The van der Waals surface area contributed by atoms with Crippen molar-refractivity contribution in [3.63, 3.8) is 0 Å². The van der Waals surface area contributed by atoms with Crippen molar-refractivity contribution in [3.8, 4) is 5.75 Å². The van der Waals surface area contributed by atoms with Crippen LogP contribution < -0.4 is 15.8 Å². The van der Waals surface area contributed by atoms with E-state index in [9.17, 15) is 4.79 Å². The van der Waals surface area contributed by atoms with Crippen LogP contribution in [0.3, 0.4) is 0 Å². The number of nitrogens with one attached hydrogen (secondary N) is 1. The lowest BCUT2D eigenvalue weighted by Crippen LogP contribution is -2.12. The molecule has 1 amide bonds. The van der Waals surface area contributed by atoms with E-state index < -0.39 is 0 Å². The SMILES string of the molecule is CCc1ccc(OCCCC(=O)Nc2cccc(N)c2)cc1. The van der Waals surface area contributed by atoms with Gasteiger partial charge in [-0.25, -0.2) is 0 Å². The van der Waals surface area contributed by atoms with Gasteiger partial charge in [0, 0.05) is 17.8 Å². The molecule has 0 unspecified atom stereocenters. The summed E-state index contributed by atoms with van der Waals surface area (Å²) in [4.78, 5) is 11.8. The summed E-state index contributed by atoms with van der Waals surface area (Å²) < 4.78 is 5.63. The Morgan fingerprint density at radius 3 is 2.64 bits per heavy atom. The van der Waals surface area contributed by atoms with E-state index >= 15 is 0 Å². The van der Waals surface area contributed by atoms with Crippen LogP contribution in [0, 0.1) is 0 Å². The molecule has 116 valence electrons. The number of aryl methyl sites for hydroxylation is 1. The molecule has 2 aromatic carbocycles. The lowest BCUT2D eigenvalue weighted by Gasteiger charge is -2.08. The van der Waals surface area contributed by atoms with Crippen molar-refractivity contribution in [2.75, 3.05) is 17.7 Å². The van der Waals surface area contributed by atoms with Crippen molar-refractivity contribution in [3.05, 3.63) is 54.1 Å². The Bertz CT molecular complexity index is 609. The average Bonchev–Trinajstić information content (AvgIpc) is 2.52. The number of anilines is 2. The van der Waals surface area contributed by atoms with Crippen molar-refractivity contribution in [1.29, 1.82) is 0 Å². The molecule has 0 saturated heterocycles. The summed E-state index contributed by atoms with van der Waals surface area (Å²) in [6, 6.07) is 15.2. The molecule has 4 nitrogen and oxygen atoms in total. The van der Waals surface area contributed by atoms with Gasteiger partial charge in [-0.3, -0.25) is 4.79 Å². The second-order valence-electron chi connectivity index (χ2n) is 5.12. The van der Waals surface area contributed by atoms with Gasteiger partial charge >= 0.3 is 0 Å². The van der Waals surface area contributed by atoms with Crippen molar-refractivity contribution >= 4 is 17.3 Å². The van der Waals surface area contributed by atoms with E-state index in [4.69, 9.17) is 10.5 Å². The zero-order valence-corrected chi connectivity index (χ0v) is 12.8. The molecular formula is C18H22N2O2. The van der Waals surface area contributed by atoms with E-state index in [0.29, 0.717) is 25.1 Å². The molecular weight excluding hydrogens is 276 g/mol. The van der Waals surface area contributed by atoms with Gasteiger partial charge in [0.15, 0.2) is 0 Å². The smallest absolute Gasteiger partial charge is 0.224 e. The fourth-order valence-electron chi connectivity index (χ4n) is 2.08. The zero-order valence-electron chi connectivity index (χ0n) is 12.8. The fraction of sp³-hybridized carbons (Fsp3) is 0.278. The van der Waals surface area contributed by atoms with Crippen LogP contribution in [0.4, 0.5) is 11.4 Å². The first-order valence-corrected chi connectivity index (χ1v) is 7.54. The van der Waals surface area contributed by atoms with Crippen molar-refractivity contribution in [2.45, 2.75) is 26.2 Å². The minimum Gasteiger partial charge on any atom is -0.494 e. The molecule has 0 fully saturated rings. The number of rotatable bonds is 7. The first-order valence-electron chi connectivity index (χ1n) is 7.54. The topological polar surface area (TPSA) is 64.3 Å². The van der Waals surface area contributed by atoms with Gasteiger partial charge in [0.05, 0.1) is 6.61 Å². The maximum atomic E-state index is 11.8. The Morgan fingerprint density at radius 2 is 1.95 bits per heavy atom. The van der Waals surface area contributed by atoms with Crippen LogP contribution in [-0.4, -0.2) is 12.5 Å². The number of ether oxygens (including phenoxy) is 1. The first kappa shape index (κ1) is 15.9. The first-order chi connectivity index (χ1) is 10.7. The van der Waals surface area contributed by atoms with Gasteiger partial charge in [-0.05, 0) is 48.7 Å². The summed E-state index contributed by atoms with van der Waals surface area (Å²) in [6.45, 7) is 2.64. The minimum atomic E-state index is -0.0319. The maximum absolute atomic E-state index is 11.8. The number of hydrogen-bond acceptors (Lipinski definition) is 3. The van der Waals surface area contributed by atoms with Gasteiger partial charge in [0.25, 0.3) is 0 Å². The van der Waals surface area contributed by atoms with Crippen LogP contribution in [0.5, 0.6) is 5.75 Å². The highest BCUT2D eigenvalue weighted by Crippen LogP contribution is 2.14. The molecule has 3 N–H and O–H groups in total. The molecule has 0 radical (unpaired) electrons. The lowest BCUT2D eigenvalue weighted by molar-refractivity contribution is -0.116. The van der Waals surface area contributed by atoms with Crippen LogP contribution in [0.1, 0.15) is 25.3 Å². The molecule has 0 atom stereocenters. The largest absolute Gasteiger partial charge is 0.494 e.